The first-order valence-corrected chi connectivity index (χ1v) is 9.55. The van der Waals surface area contributed by atoms with Crippen molar-refractivity contribution in [3.05, 3.63) is 0 Å². The van der Waals surface area contributed by atoms with Crippen molar-refractivity contribution in [3.8, 4) is 0 Å². The lowest BCUT2D eigenvalue weighted by atomic mass is 9.67. The molecule has 0 aromatic rings. The van der Waals surface area contributed by atoms with Crippen LogP contribution in [0.2, 0.25) is 0 Å². The summed E-state index contributed by atoms with van der Waals surface area (Å²) < 4.78 is 17.1. The minimum Gasteiger partial charge on any atom is -0.462 e. The molecular weight excluding hydrogens is 304 g/mol. The van der Waals surface area contributed by atoms with Gasteiger partial charge in [0.05, 0.1) is 12.0 Å². The summed E-state index contributed by atoms with van der Waals surface area (Å²) in [5.41, 5.74) is -0.388. The van der Waals surface area contributed by atoms with Gasteiger partial charge in [0.15, 0.2) is 0 Å². The van der Waals surface area contributed by atoms with Crippen LogP contribution in [0.5, 0.6) is 0 Å². The van der Waals surface area contributed by atoms with E-state index in [9.17, 15) is 4.79 Å². The van der Waals surface area contributed by atoms with E-state index in [1.807, 2.05) is 0 Å². The zero-order chi connectivity index (χ0) is 18.2. The highest BCUT2D eigenvalue weighted by Gasteiger charge is 2.42. The summed E-state index contributed by atoms with van der Waals surface area (Å²) in [6.07, 6.45) is 4.88. The number of hydrogen-bond donors (Lipinski definition) is 0. The molecule has 0 aromatic heterocycles. The van der Waals surface area contributed by atoms with Gasteiger partial charge in [-0.05, 0) is 43.9 Å². The highest BCUT2D eigenvalue weighted by molar-refractivity contribution is 5.76. The molecule has 0 N–H and O–H groups in total. The molecule has 1 aliphatic rings. The Hall–Kier alpha value is -0.610. The summed E-state index contributed by atoms with van der Waals surface area (Å²) in [6, 6.07) is 0. The molecule has 0 amide bonds. The summed E-state index contributed by atoms with van der Waals surface area (Å²) in [4.78, 5) is 12.9. The number of esters is 1. The van der Waals surface area contributed by atoms with E-state index in [2.05, 4.69) is 41.5 Å². The predicted octanol–water partition coefficient (Wildman–Crippen LogP) is 4.60. The maximum absolute atomic E-state index is 12.9. The van der Waals surface area contributed by atoms with E-state index in [0.29, 0.717) is 6.61 Å². The monoisotopic (exact) mass is 342 g/mol. The van der Waals surface area contributed by atoms with Crippen LogP contribution < -0.4 is 0 Å². The third kappa shape index (κ3) is 7.10. The minimum absolute atomic E-state index is 0.0783. The van der Waals surface area contributed by atoms with E-state index in [-0.39, 0.29) is 30.0 Å². The molecule has 0 saturated carbocycles. The summed E-state index contributed by atoms with van der Waals surface area (Å²) in [5.74, 6) is 0.178. The second kappa shape index (κ2) is 9.76. The van der Waals surface area contributed by atoms with Gasteiger partial charge in [0.25, 0.3) is 0 Å². The number of carbonyl (C=O) groups is 1. The van der Waals surface area contributed by atoms with Crippen LogP contribution >= 0.6 is 0 Å². The summed E-state index contributed by atoms with van der Waals surface area (Å²) in [7, 11) is 0. The van der Waals surface area contributed by atoms with Gasteiger partial charge >= 0.3 is 5.97 Å². The van der Waals surface area contributed by atoms with E-state index in [4.69, 9.17) is 14.2 Å². The van der Waals surface area contributed by atoms with Crippen molar-refractivity contribution < 1.29 is 19.0 Å². The molecule has 24 heavy (non-hydrogen) atoms. The SMILES string of the molecule is CCC(C)C(C)(CC(C)(C)C)C(=O)OCC1COCCCCCO1. The lowest BCUT2D eigenvalue weighted by Crippen LogP contribution is -2.41. The van der Waals surface area contributed by atoms with Crippen LogP contribution in [-0.4, -0.2) is 38.5 Å². The van der Waals surface area contributed by atoms with Gasteiger partial charge in [-0.1, -0.05) is 41.0 Å². The minimum atomic E-state index is -0.466. The zero-order valence-electron chi connectivity index (χ0n) is 16.7. The Kier molecular flexibility index (Phi) is 8.72. The first-order valence-electron chi connectivity index (χ1n) is 9.55. The molecule has 142 valence electrons. The molecule has 0 aliphatic carbocycles. The van der Waals surface area contributed by atoms with Crippen LogP contribution in [0.15, 0.2) is 0 Å². The fourth-order valence-corrected chi connectivity index (χ4v) is 3.43. The number of ether oxygens (including phenoxy) is 3. The molecule has 1 aliphatic heterocycles. The first kappa shape index (κ1) is 21.4. The normalized spacial score (nSPS) is 24.2. The van der Waals surface area contributed by atoms with Crippen molar-refractivity contribution in [3.63, 3.8) is 0 Å². The van der Waals surface area contributed by atoms with Crippen LogP contribution in [0, 0.1) is 16.7 Å². The lowest BCUT2D eigenvalue weighted by molar-refractivity contribution is -0.166. The van der Waals surface area contributed by atoms with Gasteiger partial charge < -0.3 is 14.2 Å². The van der Waals surface area contributed by atoms with Crippen molar-refractivity contribution >= 4 is 5.97 Å². The summed E-state index contributed by atoms with van der Waals surface area (Å²) >= 11 is 0. The second-order valence-electron chi connectivity index (χ2n) is 8.69. The molecule has 0 spiro atoms. The van der Waals surface area contributed by atoms with Gasteiger partial charge in [-0.3, -0.25) is 4.79 Å². The van der Waals surface area contributed by atoms with Crippen LogP contribution in [0.3, 0.4) is 0 Å². The quantitative estimate of drug-likeness (QED) is 0.662. The summed E-state index contributed by atoms with van der Waals surface area (Å²) in [5, 5.41) is 0. The molecule has 0 aromatic carbocycles. The van der Waals surface area contributed by atoms with E-state index in [1.165, 1.54) is 0 Å². The molecule has 4 heteroatoms. The topological polar surface area (TPSA) is 44.8 Å². The molecule has 1 saturated heterocycles. The molecular formula is C20H38O4. The smallest absolute Gasteiger partial charge is 0.312 e. The van der Waals surface area contributed by atoms with Crippen LogP contribution in [0.25, 0.3) is 0 Å². The van der Waals surface area contributed by atoms with E-state index in [0.717, 1.165) is 45.3 Å². The van der Waals surface area contributed by atoms with E-state index < -0.39 is 5.41 Å². The molecule has 0 radical (unpaired) electrons. The Balaban J connectivity index is 2.66. The van der Waals surface area contributed by atoms with E-state index in [1.54, 1.807) is 0 Å². The van der Waals surface area contributed by atoms with E-state index >= 15 is 0 Å². The molecule has 1 fully saturated rings. The molecule has 1 heterocycles. The highest BCUT2D eigenvalue weighted by atomic mass is 16.6. The maximum Gasteiger partial charge on any atom is 0.312 e. The lowest BCUT2D eigenvalue weighted by Gasteiger charge is -2.38. The average Bonchev–Trinajstić information content (AvgIpc) is 2.63. The van der Waals surface area contributed by atoms with Crippen LogP contribution in [0.4, 0.5) is 0 Å². The second-order valence-corrected chi connectivity index (χ2v) is 8.69. The van der Waals surface area contributed by atoms with Gasteiger partial charge in [-0.15, -0.1) is 0 Å². The number of carbonyl (C=O) groups excluding carboxylic acids is 1. The van der Waals surface area contributed by atoms with Crippen molar-refractivity contribution in [2.24, 2.45) is 16.7 Å². The third-order valence-electron chi connectivity index (χ3n) is 5.05. The van der Waals surface area contributed by atoms with Gasteiger partial charge in [-0.25, -0.2) is 0 Å². The molecule has 1 rings (SSSR count). The van der Waals surface area contributed by atoms with Gasteiger partial charge in [0.1, 0.15) is 12.7 Å². The summed E-state index contributed by atoms with van der Waals surface area (Å²) in [6.45, 7) is 15.1. The van der Waals surface area contributed by atoms with Crippen molar-refractivity contribution in [2.45, 2.75) is 79.8 Å². The zero-order valence-corrected chi connectivity index (χ0v) is 16.7. The Morgan fingerprint density at radius 3 is 2.46 bits per heavy atom. The van der Waals surface area contributed by atoms with Crippen LogP contribution in [0.1, 0.15) is 73.6 Å². The Bertz CT molecular complexity index is 364. The molecule has 3 unspecified atom stereocenters. The largest absolute Gasteiger partial charge is 0.462 e. The average molecular weight is 343 g/mol. The molecule has 3 atom stereocenters. The van der Waals surface area contributed by atoms with Crippen LogP contribution in [-0.2, 0) is 19.0 Å². The fraction of sp³-hybridized carbons (Fsp3) is 0.950. The standard InChI is InChI=1S/C20H38O4/c1-7-16(2)20(6,15-19(3,4)5)18(21)24-14-17-13-22-11-9-8-10-12-23-17/h16-17H,7-15H2,1-6H3. The fourth-order valence-electron chi connectivity index (χ4n) is 3.43. The van der Waals surface area contributed by atoms with Crippen molar-refractivity contribution in [1.82, 2.24) is 0 Å². The predicted molar refractivity (Wildman–Crippen MR) is 97.0 cm³/mol. The Morgan fingerprint density at radius 2 is 1.83 bits per heavy atom. The van der Waals surface area contributed by atoms with Gasteiger partial charge in [0.2, 0.25) is 0 Å². The number of hydrogen-bond acceptors (Lipinski definition) is 4. The van der Waals surface area contributed by atoms with Crippen molar-refractivity contribution in [2.75, 3.05) is 26.4 Å². The number of rotatable bonds is 6. The van der Waals surface area contributed by atoms with Gasteiger partial charge in [-0.2, -0.15) is 0 Å². The molecule has 4 nitrogen and oxygen atoms in total. The Labute approximate surface area is 148 Å². The Morgan fingerprint density at radius 1 is 1.17 bits per heavy atom. The van der Waals surface area contributed by atoms with Gasteiger partial charge in [0, 0.05) is 13.2 Å². The van der Waals surface area contributed by atoms with Crippen molar-refractivity contribution in [1.29, 1.82) is 0 Å². The maximum atomic E-state index is 12.9. The first-order chi connectivity index (χ1) is 11.2. The third-order valence-corrected chi connectivity index (χ3v) is 5.05. The molecule has 0 bridgehead atoms. The highest BCUT2D eigenvalue weighted by Crippen LogP contribution is 2.41.